The Morgan fingerprint density at radius 2 is 2.25 bits per heavy atom. The van der Waals surface area contributed by atoms with Crippen LogP contribution < -0.4 is 10.1 Å². The van der Waals surface area contributed by atoms with E-state index in [0.717, 1.165) is 28.4 Å². The van der Waals surface area contributed by atoms with Crippen LogP contribution in [0.3, 0.4) is 0 Å². The molecule has 88 valence electrons. The first-order chi connectivity index (χ1) is 7.61. The van der Waals surface area contributed by atoms with Gasteiger partial charge in [0.2, 0.25) is 0 Å². The fourth-order valence-corrected chi connectivity index (χ4v) is 2.07. The van der Waals surface area contributed by atoms with E-state index in [1.165, 1.54) is 0 Å². The van der Waals surface area contributed by atoms with Crippen molar-refractivity contribution in [1.82, 2.24) is 5.32 Å². The van der Waals surface area contributed by atoms with Gasteiger partial charge in [-0.25, -0.2) is 0 Å². The molecule has 3 nitrogen and oxygen atoms in total. The van der Waals surface area contributed by atoms with Crippen molar-refractivity contribution < 1.29 is 9.47 Å². The lowest BCUT2D eigenvalue weighted by atomic mass is 10.1. The van der Waals surface area contributed by atoms with Crippen molar-refractivity contribution in [2.45, 2.75) is 26.2 Å². The molecule has 1 aromatic carbocycles. The molecule has 0 bridgehead atoms. The van der Waals surface area contributed by atoms with Crippen molar-refractivity contribution in [2.75, 3.05) is 13.7 Å². The Hall–Kier alpha value is -0.770. The molecule has 4 heteroatoms. The second-order valence-electron chi connectivity index (χ2n) is 4.02. The zero-order chi connectivity index (χ0) is 11.7. The molecule has 0 amide bonds. The molecule has 2 atom stereocenters. The van der Waals surface area contributed by atoms with Crippen LogP contribution in [0.15, 0.2) is 12.1 Å². The lowest BCUT2D eigenvalue weighted by Gasteiger charge is -2.15. The van der Waals surface area contributed by atoms with Crippen LogP contribution in [-0.4, -0.2) is 19.9 Å². The molecular weight excluding hydrogens is 226 g/mol. The van der Waals surface area contributed by atoms with Crippen LogP contribution in [-0.2, 0) is 4.74 Å². The van der Waals surface area contributed by atoms with E-state index >= 15 is 0 Å². The van der Waals surface area contributed by atoms with E-state index in [9.17, 15) is 0 Å². The van der Waals surface area contributed by atoms with E-state index in [0.29, 0.717) is 0 Å². The normalized spacial score (nSPS) is 24.8. The highest BCUT2D eigenvalue weighted by atomic mass is 35.5. The summed E-state index contributed by atoms with van der Waals surface area (Å²) >= 11 is 6.13. The lowest BCUT2D eigenvalue weighted by Crippen LogP contribution is -2.17. The maximum atomic E-state index is 6.13. The molecule has 0 aliphatic carbocycles. The fraction of sp³-hybridized carbons (Fsp3) is 0.500. The van der Waals surface area contributed by atoms with E-state index < -0.39 is 0 Å². The van der Waals surface area contributed by atoms with Crippen molar-refractivity contribution in [3.05, 3.63) is 28.3 Å². The van der Waals surface area contributed by atoms with Crippen molar-refractivity contribution in [3.8, 4) is 5.75 Å². The molecule has 1 aromatic rings. The molecule has 0 spiro atoms. The minimum absolute atomic E-state index is 0.0167. The number of methoxy groups -OCH3 is 1. The number of halogens is 1. The molecule has 1 aliphatic heterocycles. The molecule has 1 saturated heterocycles. The Morgan fingerprint density at radius 1 is 1.50 bits per heavy atom. The maximum absolute atomic E-state index is 6.13. The largest absolute Gasteiger partial charge is 0.496 e. The van der Waals surface area contributed by atoms with Crippen molar-refractivity contribution in [1.29, 1.82) is 0 Å². The summed E-state index contributed by atoms with van der Waals surface area (Å²) in [6, 6.07) is 3.88. The first-order valence-corrected chi connectivity index (χ1v) is 5.72. The Morgan fingerprint density at radius 3 is 2.81 bits per heavy atom. The summed E-state index contributed by atoms with van der Waals surface area (Å²) < 4.78 is 11.1. The average molecular weight is 242 g/mol. The summed E-state index contributed by atoms with van der Waals surface area (Å²) in [6.45, 7) is 4.74. The van der Waals surface area contributed by atoms with Crippen LogP contribution >= 0.6 is 11.6 Å². The summed E-state index contributed by atoms with van der Waals surface area (Å²) in [6.07, 6.45) is 0.0952. The molecule has 2 rings (SSSR count). The SMILES string of the molecule is COc1cc(C)c(Cl)cc1C1CNC(C)O1. The predicted octanol–water partition coefficient (Wildman–Crippen LogP) is 2.66. The van der Waals surface area contributed by atoms with Crippen LogP contribution in [0.5, 0.6) is 5.75 Å². The highest BCUT2D eigenvalue weighted by Crippen LogP contribution is 2.34. The number of benzene rings is 1. The number of hydrogen-bond donors (Lipinski definition) is 1. The molecule has 1 N–H and O–H groups in total. The first kappa shape index (κ1) is 11.7. The van der Waals surface area contributed by atoms with Gasteiger partial charge in [-0.3, -0.25) is 5.32 Å². The van der Waals surface area contributed by atoms with Crippen LogP contribution in [0, 0.1) is 6.92 Å². The van der Waals surface area contributed by atoms with Crippen molar-refractivity contribution >= 4 is 11.6 Å². The third kappa shape index (κ3) is 2.17. The van der Waals surface area contributed by atoms with E-state index in [4.69, 9.17) is 21.1 Å². The van der Waals surface area contributed by atoms with Gasteiger partial charge >= 0.3 is 0 Å². The molecule has 0 radical (unpaired) electrons. The van der Waals surface area contributed by atoms with Gasteiger partial charge in [0, 0.05) is 17.1 Å². The topological polar surface area (TPSA) is 30.5 Å². The number of rotatable bonds is 2. The molecule has 16 heavy (non-hydrogen) atoms. The van der Waals surface area contributed by atoms with Gasteiger partial charge in [-0.15, -0.1) is 0 Å². The van der Waals surface area contributed by atoms with Gasteiger partial charge in [0.15, 0.2) is 0 Å². The van der Waals surface area contributed by atoms with Crippen LogP contribution in [0.25, 0.3) is 0 Å². The smallest absolute Gasteiger partial charge is 0.125 e. The maximum Gasteiger partial charge on any atom is 0.125 e. The molecule has 0 aromatic heterocycles. The number of nitrogens with one attached hydrogen (secondary N) is 1. The number of ether oxygens (including phenoxy) is 2. The quantitative estimate of drug-likeness (QED) is 0.864. The van der Waals surface area contributed by atoms with Gasteiger partial charge in [0.1, 0.15) is 18.1 Å². The minimum atomic E-state index is 0.0167. The summed E-state index contributed by atoms with van der Waals surface area (Å²) in [4.78, 5) is 0. The van der Waals surface area contributed by atoms with E-state index in [1.54, 1.807) is 7.11 Å². The predicted molar refractivity (Wildman–Crippen MR) is 64.0 cm³/mol. The fourth-order valence-electron chi connectivity index (χ4n) is 1.90. The van der Waals surface area contributed by atoms with Crippen LogP contribution in [0.1, 0.15) is 24.2 Å². The average Bonchev–Trinajstić information content (AvgIpc) is 2.68. The monoisotopic (exact) mass is 241 g/mol. The lowest BCUT2D eigenvalue weighted by molar-refractivity contribution is 0.0516. The number of hydrogen-bond acceptors (Lipinski definition) is 3. The van der Waals surface area contributed by atoms with E-state index in [-0.39, 0.29) is 12.3 Å². The Balaban J connectivity index is 2.35. The summed E-state index contributed by atoms with van der Waals surface area (Å²) in [5.41, 5.74) is 2.02. The van der Waals surface area contributed by atoms with Crippen LogP contribution in [0.4, 0.5) is 0 Å². The second kappa shape index (κ2) is 4.62. The standard InChI is InChI=1S/C12H16ClNO2/c1-7-4-11(15-3)9(5-10(7)13)12-6-14-8(2)16-12/h4-5,8,12,14H,6H2,1-3H3. The Labute approximate surface area is 101 Å². The third-order valence-electron chi connectivity index (χ3n) is 2.82. The second-order valence-corrected chi connectivity index (χ2v) is 4.43. The van der Waals surface area contributed by atoms with Gasteiger partial charge < -0.3 is 9.47 Å². The van der Waals surface area contributed by atoms with Gasteiger partial charge in [-0.05, 0) is 31.5 Å². The molecule has 1 fully saturated rings. The molecule has 2 unspecified atom stereocenters. The van der Waals surface area contributed by atoms with E-state index in [2.05, 4.69) is 5.32 Å². The summed E-state index contributed by atoms with van der Waals surface area (Å²) in [7, 11) is 1.66. The van der Waals surface area contributed by atoms with Gasteiger partial charge in [0.25, 0.3) is 0 Å². The van der Waals surface area contributed by atoms with Gasteiger partial charge in [0.05, 0.1) is 7.11 Å². The van der Waals surface area contributed by atoms with Crippen molar-refractivity contribution in [3.63, 3.8) is 0 Å². The zero-order valence-electron chi connectivity index (χ0n) is 9.71. The molecule has 1 heterocycles. The van der Waals surface area contributed by atoms with Gasteiger partial charge in [-0.1, -0.05) is 11.6 Å². The summed E-state index contributed by atoms with van der Waals surface area (Å²) in [5, 5.41) is 3.98. The van der Waals surface area contributed by atoms with E-state index in [1.807, 2.05) is 26.0 Å². The highest BCUT2D eigenvalue weighted by Gasteiger charge is 2.25. The molecule has 0 saturated carbocycles. The zero-order valence-corrected chi connectivity index (χ0v) is 10.5. The van der Waals surface area contributed by atoms with Crippen LogP contribution in [0.2, 0.25) is 5.02 Å². The first-order valence-electron chi connectivity index (χ1n) is 5.34. The molecule has 1 aliphatic rings. The minimum Gasteiger partial charge on any atom is -0.496 e. The Bertz CT molecular complexity index is 395. The highest BCUT2D eigenvalue weighted by molar-refractivity contribution is 6.31. The number of aryl methyl sites for hydroxylation is 1. The van der Waals surface area contributed by atoms with Crippen molar-refractivity contribution in [2.24, 2.45) is 0 Å². The molecular formula is C12H16ClNO2. The third-order valence-corrected chi connectivity index (χ3v) is 3.22. The Kier molecular flexibility index (Phi) is 3.38. The summed E-state index contributed by atoms with van der Waals surface area (Å²) in [5.74, 6) is 0.836. The van der Waals surface area contributed by atoms with Gasteiger partial charge in [-0.2, -0.15) is 0 Å².